The van der Waals surface area contributed by atoms with Crippen LogP contribution in [-0.2, 0) is 10.1 Å². The Hall–Kier alpha value is -2.25. The number of rotatable bonds is 4. The quantitative estimate of drug-likeness (QED) is 0.689. The van der Waals surface area contributed by atoms with Crippen LogP contribution in [0.25, 0.3) is 0 Å². The summed E-state index contributed by atoms with van der Waals surface area (Å²) in [7, 11) is -3.01. The Balaban J connectivity index is 2.42. The van der Waals surface area contributed by atoms with Crippen LogP contribution in [0.3, 0.4) is 0 Å². The zero-order valence-corrected chi connectivity index (χ0v) is 12.3. The van der Waals surface area contributed by atoms with Crippen LogP contribution >= 0.6 is 0 Å². The Morgan fingerprint density at radius 3 is 2.29 bits per heavy atom. The van der Waals surface area contributed by atoms with Gasteiger partial charge in [-0.05, 0) is 31.2 Å². The highest BCUT2D eigenvalue weighted by atomic mass is 32.2. The molecule has 2 rings (SSSR count). The molecule has 0 aromatic heterocycles. The topological polar surface area (TPSA) is 88.3 Å². The van der Waals surface area contributed by atoms with Crippen molar-refractivity contribution in [2.24, 2.45) is 10.2 Å². The Kier molecular flexibility index (Phi) is 4.35. The van der Waals surface area contributed by atoms with Gasteiger partial charge in [0, 0.05) is 6.07 Å². The van der Waals surface area contributed by atoms with Crippen LogP contribution in [-0.4, -0.2) is 20.1 Å². The van der Waals surface area contributed by atoms with Crippen molar-refractivity contribution in [1.29, 1.82) is 0 Å². The number of hydrogen-bond acceptors (Lipinski definition) is 5. The van der Waals surface area contributed by atoms with E-state index in [-0.39, 0.29) is 10.6 Å². The molecule has 0 saturated carbocycles. The summed E-state index contributed by atoms with van der Waals surface area (Å²) in [6.07, 6.45) is 0. The molecule has 2 aromatic rings. The van der Waals surface area contributed by atoms with E-state index in [2.05, 4.69) is 10.2 Å². The van der Waals surface area contributed by atoms with Gasteiger partial charge in [0.1, 0.15) is 16.3 Å². The van der Waals surface area contributed by atoms with E-state index in [1.54, 1.807) is 12.1 Å². The maximum Gasteiger partial charge on any atom is 0.296 e. The molecule has 0 fully saturated rings. The van der Waals surface area contributed by atoms with E-state index in [9.17, 15) is 13.0 Å². The van der Waals surface area contributed by atoms with E-state index in [1.165, 1.54) is 25.3 Å². The minimum Gasteiger partial charge on any atom is -0.497 e. The second kappa shape index (κ2) is 6.02. The summed E-state index contributed by atoms with van der Waals surface area (Å²) >= 11 is 0. The zero-order chi connectivity index (χ0) is 15.5. The number of hydrogen-bond donors (Lipinski definition) is 1. The fourth-order valence-corrected chi connectivity index (χ4v) is 2.27. The van der Waals surface area contributed by atoms with Crippen LogP contribution < -0.4 is 4.74 Å². The number of benzene rings is 2. The average Bonchev–Trinajstić information content (AvgIpc) is 2.45. The number of azo groups is 1. The molecule has 0 aliphatic rings. The van der Waals surface area contributed by atoms with Gasteiger partial charge >= 0.3 is 0 Å². The third-order valence-electron chi connectivity index (χ3n) is 2.75. The standard InChI is InChI=1S/C14H14N2O4S/c1-10-3-5-11(6-4-10)15-16-13-8-7-12(20-2)9-14(13)21(17,18)19/h3-9H,1-2H3,(H,17,18,19). The van der Waals surface area contributed by atoms with E-state index in [0.29, 0.717) is 11.4 Å². The normalized spacial score (nSPS) is 11.8. The predicted octanol–water partition coefficient (Wildman–Crippen LogP) is 3.67. The van der Waals surface area contributed by atoms with Crippen LogP contribution in [0.2, 0.25) is 0 Å². The predicted molar refractivity (Wildman–Crippen MR) is 78.2 cm³/mol. The van der Waals surface area contributed by atoms with Gasteiger partial charge in [-0.15, -0.1) is 5.11 Å². The Labute approximate surface area is 122 Å². The zero-order valence-electron chi connectivity index (χ0n) is 11.5. The summed E-state index contributed by atoms with van der Waals surface area (Å²) in [4.78, 5) is -0.349. The molecule has 0 atom stereocenters. The summed E-state index contributed by atoms with van der Waals surface area (Å²) in [5.41, 5.74) is 1.70. The second-order valence-corrected chi connectivity index (χ2v) is 5.73. The molecule has 0 bridgehead atoms. The monoisotopic (exact) mass is 306 g/mol. The first kappa shape index (κ1) is 15.1. The van der Waals surface area contributed by atoms with Crippen molar-refractivity contribution < 1.29 is 17.7 Å². The van der Waals surface area contributed by atoms with Crippen molar-refractivity contribution in [3.05, 3.63) is 48.0 Å². The van der Waals surface area contributed by atoms with E-state index >= 15 is 0 Å². The van der Waals surface area contributed by atoms with Gasteiger partial charge in [-0.25, -0.2) is 0 Å². The lowest BCUT2D eigenvalue weighted by Crippen LogP contribution is -1.99. The van der Waals surface area contributed by atoms with Gasteiger partial charge in [0.2, 0.25) is 0 Å². The highest BCUT2D eigenvalue weighted by Gasteiger charge is 2.16. The first-order valence-corrected chi connectivity index (χ1v) is 7.48. The molecule has 0 amide bonds. The molecule has 0 aliphatic heterocycles. The molecule has 6 nitrogen and oxygen atoms in total. The van der Waals surface area contributed by atoms with Gasteiger partial charge in [-0.3, -0.25) is 4.55 Å². The summed E-state index contributed by atoms with van der Waals surface area (Å²) < 4.78 is 36.9. The van der Waals surface area contributed by atoms with Crippen molar-refractivity contribution in [1.82, 2.24) is 0 Å². The van der Waals surface area contributed by atoms with Crippen LogP contribution in [0, 0.1) is 6.92 Å². The molecule has 21 heavy (non-hydrogen) atoms. The minimum absolute atomic E-state index is 0.0406. The van der Waals surface area contributed by atoms with E-state index < -0.39 is 10.1 Å². The molecule has 0 heterocycles. The third-order valence-corrected chi connectivity index (χ3v) is 3.63. The molecule has 0 aliphatic carbocycles. The molecule has 0 spiro atoms. The van der Waals surface area contributed by atoms with E-state index in [0.717, 1.165) is 5.56 Å². The summed E-state index contributed by atoms with van der Waals surface area (Å²) in [6.45, 7) is 1.95. The fraction of sp³-hybridized carbons (Fsp3) is 0.143. The summed E-state index contributed by atoms with van der Waals surface area (Å²) in [6, 6.07) is 11.4. The average molecular weight is 306 g/mol. The van der Waals surface area contributed by atoms with Crippen LogP contribution in [0.4, 0.5) is 11.4 Å². The maximum atomic E-state index is 11.4. The van der Waals surface area contributed by atoms with Gasteiger partial charge in [0.15, 0.2) is 0 Å². The van der Waals surface area contributed by atoms with Crippen molar-refractivity contribution >= 4 is 21.5 Å². The van der Waals surface area contributed by atoms with Crippen molar-refractivity contribution in [3.8, 4) is 5.75 Å². The van der Waals surface area contributed by atoms with Gasteiger partial charge in [-0.1, -0.05) is 17.7 Å². The first-order valence-electron chi connectivity index (χ1n) is 6.04. The Morgan fingerprint density at radius 2 is 1.71 bits per heavy atom. The van der Waals surface area contributed by atoms with Gasteiger partial charge < -0.3 is 4.74 Å². The van der Waals surface area contributed by atoms with Crippen LogP contribution in [0.5, 0.6) is 5.75 Å². The first-order chi connectivity index (χ1) is 9.90. The molecule has 7 heteroatoms. The molecular weight excluding hydrogens is 292 g/mol. The largest absolute Gasteiger partial charge is 0.497 e. The Bertz CT molecular complexity index is 768. The highest BCUT2D eigenvalue weighted by Crippen LogP contribution is 2.30. The smallest absolute Gasteiger partial charge is 0.296 e. The lowest BCUT2D eigenvalue weighted by molar-refractivity contribution is 0.412. The lowest BCUT2D eigenvalue weighted by atomic mass is 10.2. The van der Waals surface area contributed by atoms with E-state index in [4.69, 9.17) is 4.74 Å². The minimum atomic E-state index is -4.41. The molecular formula is C14H14N2O4S. The van der Waals surface area contributed by atoms with E-state index in [1.807, 2.05) is 19.1 Å². The number of nitrogens with zero attached hydrogens (tertiary/aromatic N) is 2. The highest BCUT2D eigenvalue weighted by molar-refractivity contribution is 7.86. The lowest BCUT2D eigenvalue weighted by Gasteiger charge is -2.04. The fourth-order valence-electron chi connectivity index (χ4n) is 1.63. The van der Waals surface area contributed by atoms with Crippen molar-refractivity contribution in [3.63, 3.8) is 0 Å². The van der Waals surface area contributed by atoms with Crippen molar-refractivity contribution in [2.75, 3.05) is 7.11 Å². The molecule has 2 aromatic carbocycles. The SMILES string of the molecule is COc1ccc(N=Nc2ccc(C)cc2)c(S(=O)(=O)O)c1. The molecule has 0 unspecified atom stereocenters. The Morgan fingerprint density at radius 1 is 1.05 bits per heavy atom. The van der Waals surface area contributed by atoms with Gasteiger partial charge in [0.25, 0.3) is 10.1 Å². The number of methoxy groups -OCH3 is 1. The molecule has 1 N–H and O–H groups in total. The second-order valence-electron chi connectivity index (χ2n) is 4.34. The van der Waals surface area contributed by atoms with Gasteiger partial charge in [-0.2, -0.15) is 13.5 Å². The summed E-state index contributed by atoms with van der Waals surface area (Å²) in [5, 5.41) is 7.83. The molecule has 0 saturated heterocycles. The molecule has 0 radical (unpaired) electrons. The number of aryl methyl sites for hydroxylation is 1. The van der Waals surface area contributed by atoms with Gasteiger partial charge in [0.05, 0.1) is 12.8 Å². The number of ether oxygens (including phenoxy) is 1. The van der Waals surface area contributed by atoms with Crippen LogP contribution in [0.15, 0.2) is 57.6 Å². The third kappa shape index (κ3) is 3.87. The summed E-state index contributed by atoms with van der Waals surface area (Å²) in [5.74, 6) is 0.303. The van der Waals surface area contributed by atoms with Crippen molar-refractivity contribution in [2.45, 2.75) is 11.8 Å². The van der Waals surface area contributed by atoms with Crippen LogP contribution in [0.1, 0.15) is 5.56 Å². The maximum absolute atomic E-state index is 11.4. The molecule has 110 valence electrons.